The summed E-state index contributed by atoms with van der Waals surface area (Å²) in [7, 11) is 0. The highest BCUT2D eigenvalue weighted by Crippen LogP contribution is 2.34. The summed E-state index contributed by atoms with van der Waals surface area (Å²) in [6.45, 7) is 1.74. The van der Waals surface area contributed by atoms with Gasteiger partial charge in [0.25, 0.3) is 5.56 Å². The van der Waals surface area contributed by atoms with Crippen molar-refractivity contribution >= 4 is 23.2 Å². The zero-order chi connectivity index (χ0) is 20.4. The topological polar surface area (TPSA) is 115 Å². The van der Waals surface area contributed by atoms with Gasteiger partial charge in [0.05, 0.1) is 17.7 Å². The van der Waals surface area contributed by atoms with E-state index in [-0.39, 0.29) is 10.7 Å². The van der Waals surface area contributed by atoms with Crippen LogP contribution in [0.25, 0.3) is 5.69 Å². The average Bonchev–Trinajstić information content (AvgIpc) is 2.65. The van der Waals surface area contributed by atoms with E-state index >= 15 is 0 Å². The molecule has 0 spiro atoms. The van der Waals surface area contributed by atoms with E-state index in [0.29, 0.717) is 16.1 Å². The van der Waals surface area contributed by atoms with Gasteiger partial charge >= 0.3 is 5.69 Å². The molecule has 3 rings (SSSR count). The van der Waals surface area contributed by atoms with Gasteiger partial charge in [0, 0.05) is 10.0 Å². The van der Waals surface area contributed by atoms with Crippen LogP contribution in [0.2, 0.25) is 10.0 Å². The largest absolute Gasteiger partial charge is 0.349 e. The third-order valence-corrected chi connectivity index (χ3v) is 4.69. The molecule has 0 fully saturated rings. The van der Waals surface area contributed by atoms with Gasteiger partial charge in [0.15, 0.2) is 0 Å². The Bertz CT molecular complexity index is 1240. The summed E-state index contributed by atoms with van der Waals surface area (Å²) in [6, 6.07) is 13.8. The summed E-state index contributed by atoms with van der Waals surface area (Å²) >= 11 is 12.4. The van der Waals surface area contributed by atoms with Crippen LogP contribution in [0.3, 0.4) is 0 Å². The monoisotopic (exact) mass is 411 g/mol. The van der Waals surface area contributed by atoms with Crippen LogP contribution in [-0.4, -0.2) is 14.8 Å². The van der Waals surface area contributed by atoms with E-state index in [1.54, 1.807) is 43.3 Å². The summed E-state index contributed by atoms with van der Waals surface area (Å²) in [6.07, 6.45) is 0. The molecule has 2 aromatic carbocycles. The molecular weight excluding hydrogens is 401 g/mol. The predicted octanol–water partition coefficient (Wildman–Crippen LogP) is 3.06. The maximum Gasteiger partial charge on any atom is 0.349 e. The number of hydrogen-bond donors (Lipinski definition) is 1. The quantitative estimate of drug-likeness (QED) is 0.710. The van der Waals surface area contributed by atoms with Crippen LogP contribution in [0.1, 0.15) is 28.3 Å². The molecule has 3 aromatic rings. The SMILES string of the molecule is Cc1cc(-n2nc(C#N)c(=O)[nH]c2=O)cc(Cl)c1C(C#N)c1ccc(Cl)cc1. The van der Waals surface area contributed by atoms with Crippen molar-refractivity contribution in [3.63, 3.8) is 0 Å². The molecule has 0 saturated carbocycles. The van der Waals surface area contributed by atoms with Crippen molar-refractivity contribution in [1.82, 2.24) is 14.8 Å². The van der Waals surface area contributed by atoms with Crippen LogP contribution in [0.15, 0.2) is 46.0 Å². The van der Waals surface area contributed by atoms with Crippen LogP contribution in [0.5, 0.6) is 0 Å². The van der Waals surface area contributed by atoms with E-state index in [9.17, 15) is 14.9 Å². The molecule has 0 aliphatic rings. The van der Waals surface area contributed by atoms with Gasteiger partial charge in [0.1, 0.15) is 6.07 Å². The predicted molar refractivity (Wildman–Crippen MR) is 104 cm³/mol. The highest BCUT2D eigenvalue weighted by molar-refractivity contribution is 6.32. The summed E-state index contributed by atoms with van der Waals surface area (Å²) < 4.78 is 0.881. The lowest BCUT2D eigenvalue weighted by Crippen LogP contribution is -2.33. The summed E-state index contributed by atoms with van der Waals surface area (Å²) in [5.41, 5.74) is 0.0777. The number of H-pyrrole nitrogens is 1. The van der Waals surface area contributed by atoms with E-state index in [1.807, 2.05) is 4.98 Å². The van der Waals surface area contributed by atoms with Gasteiger partial charge in [-0.15, -0.1) is 5.10 Å². The number of hydrogen-bond acceptors (Lipinski definition) is 5. The van der Waals surface area contributed by atoms with E-state index < -0.39 is 22.9 Å². The minimum absolute atomic E-state index is 0.245. The smallest absolute Gasteiger partial charge is 0.270 e. The van der Waals surface area contributed by atoms with Crippen LogP contribution >= 0.6 is 23.2 Å². The molecule has 0 amide bonds. The Morgan fingerprint density at radius 1 is 1.14 bits per heavy atom. The molecular formula is C19H11Cl2N5O2. The molecule has 1 atom stereocenters. The molecule has 1 heterocycles. The van der Waals surface area contributed by atoms with Gasteiger partial charge in [-0.1, -0.05) is 35.3 Å². The fraction of sp³-hybridized carbons (Fsp3) is 0.105. The van der Waals surface area contributed by atoms with Gasteiger partial charge in [-0.25, -0.2) is 4.79 Å². The van der Waals surface area contributed by atoms with Gasteiger partial charge in [0.2, 0.25) is 5.69 Å². The first-order valence-electron chi connectivity index (χ1n) is 7.95. The lowest BCUT2D eigenvalue weighted by atomic mass is 9.89. The van der Waals surface area contributed by atoms with Crippen molar-refractivity contribution in [2.75, 3.05) is 0 Å². The van der Waals surface area contributed by atoms with Gasteiger partial charge in [-0.3, -0.25) is 9.78 Å². The molecule has 0 aliphatic heterocycles. The molecule has 0 radical (unpaired) electrons. The third-order valence-electron chi connectivity index (χ3n) is 4.12. The van der Waals surface area contributed by atoms with Crippen LogP contribution in [-0.2, 0) is 0 Å². The lowest BCUT2D eigenvalue weighted by Gasteiger charge is -2.17. The first-order chi connectivity index (χ1) is 13.3. The summed E-state index contributed by atoms with van der Waals surface area (Å²) in [5.74, 6) is -0.645. The molecule has 0 aliphatic carbocycles. The standard InChI is InChI=1S/C19H11Cl2N5O2/c1-10-6-13(26-19(28)24-18(27)16(9-23)25-26)7-15(21)17(10)14(8-22)11-2-4-12(20)5-3-11/h2-7,14H,1H3,(H,24,27,28). The molecule has 0 bridgehead atoms. The number of nitrogens with zero attached hydrogens (tertiary/aromatic N) is 4. The third kappa shape index (κ3) is 3.54. The maximum atomic E-state index is 12.1. The second-order valence-electron chi connectivity index (χ2n) is 5.90. The maximum absolute atomic E-state index is 12.1. The van der Waals surface area contributed by atoms with E-state index in [4.69, 9.17) is 28.5 Å². The summed E-state index contributed by atoms with van der Waals surface area (Å²) in [5, 5.41) is 23.2. The van der Waals surface area contributed by atoms with Gasteiger partial charge in [-0.05, 0) is 47.9 Å². The number of aromatic nitrogens is 3. The molecule has 7 nitrogen and oxygen atoms in total. The number of nitrogens with one attached hydrogen (secondary N) is 1. The Morgan fingerprint density at radius 2 is 1.82 bits per heavy atom. The van der Waals surface area contributed by atoms with Crippen molar-refractivity contribution in [3.8, 4) is 17.8 Å². The first kappa shape index (κ1) is 19.4. The number of benzene rings is 2. The fourth-order valence-corrected chi connectivity index (χ4v) is 3.33. The Morgan fingerprint density at radius 3 is 2.39 bits per heavy atom. The number of rotatable bonds is 3. The normalized spacial score (nSPS) is 11.5. The van der Waals surface area contributed by atoms with Crippen molar-refractivity contribution in [2.45, 2.75) is 12.8 Å². The molecule has 9 heteroatoms. The zero-order valence-corrected chi connectivity index (χ0v) is 15.9. The Labute approximate surface area is 169 Å². The van der Waals surface area contributed by atoms with Gasteiger partial charge in [-0.2, -0.15) is 15.2 Å². The summed E-state index contributed by atoms with van der Waals surface area (Å²) in [4.78, 5) is 25.6. The Hall–Kier alpha value is -3.39. The van der Waals surface area contributed by atoms with Crippen molar-refractivity contribution < 1.29 is 0 Å². The highest BCUT2D eigenvalue weighted by Gasteiger charge is 2.21. The highest BCUT2D eigenvalue weighted by atomic mass is 35.5. The molecule has 1 unspecified atom stereocenters. The Balaban J connectivity index is 2.16. The van der Waals surface area contributed by atoms with Crippen molar-refractivity contribution in [1.29, 1.82) is 10.5 Å². The molecule has 138 valence electrons. The van der Waals surface area contributed by atoms with Gasteiger partial charge < -0.3 is 0 Å². The number of nitriles is 2. The Kier molecular flexibility index (Phi) is 5.32. The van der Waals surface area contributed by atoms with Crippen LogP contribution in [0, 0.1) is 29.6 Å². The fourth-order valence-electron chi connectivity index (χ4n) is 2.83. The van der Waals surface area contributed by atoms with Crippen LogP contribution < -0.4 is 11.2 Å². The van der Waals surface area contributed by atoms with Crippen molar-refractivity contribution in [2.24, 2.45) is 0 Å². The van der Waals surface area contributed by atoms with E-state index in [0.717, 1.165) is 10.2 Å². The second kappa shape index (κ2) is 7.69. The number of halogens is 2. The average molecular weight is 412 g/mol. The molecule has 1 aromatic heterocycles. The van der Waals surface area contributed by atoms with Crippen molar-refractivity contribution in [3.05, 3.63) is 89.7 Å². The second-order valence-corrected chi connectivity index (χ2v) is 6.75. The number of aryl methyl sites for hydroxylation is 1. The minimum Gasteiger partial charge on any atom is -0.270 e. The van der Waals surface area contributed by atoms with E-state index in [1.165, 1.54) is 6.07 Å². The van der Waals surface area contributed by atoms with E-state index in [2.05, 4.69) is 11.2 Å². The number of aromatic amines is 1. The minimum atomic E-state index is -0.865. The molecule has 0 saturated heterocycles. The first-order valence-corrected chi connectivity index (χ1v) is 8.70. The zero-order valence-electron chi connectivity index (χ0n) is 14.4. The lowest BCUT2D eigenvalue weighted by molar-refractivity contribution is 0.739. The molecule has 28 heavy (non-hydrogen) atoms. The molecule has 1 N–H and O–H groups in total. The van der Waals surface area contributed by atoms with Crippen LogP contribution in [0.4, 0.5) is 0 Å².